The van der Waals surface area contributed by atoms with Gasteiger partial charge in [0.1, 0.15) is 5.52 Å². The van der Waals surface area contributed by atoms with Crippen LogP contribution in [0, 0.1) is 0 Å². The molecule has 0 saturated carbocycles. The Hall–Kier alpha value is -2.66. The summed E-state index contributed by atoms with van der Waals surface area (Å²) in [6, 6.07) is 16.0. The Labute approximate surface area is 153 Å². The molecule has 0 bridgehead atoms. The smallest absolute Gasteiger partial charge is 0.221 e. The van der Waals surface area contributed by atoms with Crippen LogP contribution in [0.4, 0.5) is 5.69 Å². The lowest BCUT2D eigenvalue weighted by atomic mass is 9.97. The first kappa shape index (κ1) is 16.8. The van der Waals surface area contributed by atoms with Crippen molar-refractivity contribution in [3.8, 4) is 0 Å². The van der Waals surface area contributed by atoms with Crippen LogP contribution in [0.5, 0.6) is 0 Å². The first-order valence-electron chi connectivity index (χ1n) is 9.12. The van der Waals surface area contributed by atoms with Crippen molar-refractivity contribution in [2.45, 2.75) is 32.2 Å². The van der Waals surface area contributed by atoms with E-state index in [0.717, 1.165) is 55.2 Å². The van der Waals surface area contributed by atoms with Crippen LogP contribution in [0.3, 0.4) is 0 Å². The molecule has 1 aliphatic heterocycles. The average Bonchev–Trinajstić information content (AvgIpc) is 3.07. The highest BCUT2D eigenvalue weighted by Gasteiger charge is 2.25. The van der Waals surface area contributed by atoms with Gasteiger partial charge in [0.05, 0.1) is 0 Å². The molecule has 1 unspecified atom stereocenters. The molecule has 1 atom stereocenters. The summed E-state index contributed by atoms with van der Waals surface area (Å²) in [4.78, 5) is 18.3. The molecule has 26 heavy (non-hydrogen) atoms. The van der Waals surface area contributed by atoms with Crippen LogP contribution in [0.15, 0.2) is 52.9 Å². The Morgan fingerprint density at radius 3 is 2.81 bits per heavy atom. The van der Waals surface area contributed by atoms with Gasteiger partial charge in [0.2, 0.25) is 5.91 Å². The van der Waals surface area contributed by atoms with Crippen molar-refractivity contribution < 1.29 is 9.21 Å². The molecule has 1 N–H and O–H groups in total. The molecular formula is C21H23N3O2. The minimum absolute atomic E-state index is 0.0463. The number of rotatable bonds is 4. The van der Waals surface area contributed by atoms with Gasteiger partial charge in [-0.1, -0.05) is 24.3 Å². The van der Waals surface area contributed by atoms with E-state index < -0.39 is 0 Å². The number of amides is 1. The maximum atomic E-state index is 11.1. The fourth-order valence-corrected chi connectivity index (χ4v) is 3.62. The lowest BCUT2D eigenvalue weighted by Gasteiger charge is -2.31. The quantitative estimate of drug-likeness (QED) is 0.768. The second-order valence-corrected chi connectivity index (χ2v) is 6.97. The number of para-hydroxylation sites is 2. The normalized spacial score (nSPS) is 18.1. The summed E-state index contributed by atoms with van der Waals surface area (Å²) in [6.45, 7) is 4.47. The molecule has 1 aromatic heterocycles. The van der Waals surface area contributed by atoms with Crippen LogP contribution >= 0.6 is 0 Å². The molecule has 5 heteroatoms. The van der Waals surface area contributed by atoms with Gasteiger partial charge in [-0.05, 0) is 49.2 Å². The fraction of sp³-hybridized carbons (Fsp3) is 0.333. The fourth-order valence-electron chi connectivity index (χ4n) is 3.62. The zero-order valence-corrected chi connectivity index (χ0v) is 14.9. The standard InChI is InChI=1S/C21H23N3O2/c1-15(25)22-18-10-8-16(9-11-18)13-24-12-4-5-17(14-24)21-23-19-6-2-3-7-20(19)26-21/h2-3,6-11,17H,4-5,12-14H2,1H3,(H,22,25). The lowest BCUT2D eigenvalue weighted by Crippen LogP contribution is -2.34. The third-order valence-corrected chi connectivity index (χ3v) is 4.85. The molecule has 134 valence electrons. The third-order valence-electron chi connectivity index (χ3n) is 4.85. The van der Waals surface area contributed by atoms with Crippen LogP contribution in [0.2, 0.25) is 0 Å². The summed E-state index contributed by atoms with van der Waals surface area (Å²) in [5.74, 6) is 1.15. The second-order valence-electron chi connectivity index (χ2n) is 6.97. The highest BCUT2D eigenvalue weighted by molar-refractivity contribution is 5.88. The van der Waals surface area contributed by atoms with Gasteiger partial charge in [0.15, 0.2) is 11.5 Å². The summed E-state index contributed by atoms with van der Waals surface area (Å²) in [5.41, 5.74) is 3.89. The molecular weight excluding hydrogens is 326 g/mol. The number of oxazole rings is 1. The molecule has 1 saturated heterocycles. The highest BCUT2D eigenvalue weighted by Crippen LogP contribution is 2.29. The van der Waals surface area contributed by atoms with Gasteiger partial charge in [-0.2, -0.15) is 0 Å². The van der Waals surface area contributed by atoms with Gasteiger partial charge >= 0.3 is 0 Å². The van der Waals surface area contributed by atoms with Crippen molar-refractivity contribution in [3.05, 3.63) is 60.0 Å². The van der Waals surface area contributed by atoms with Gasteiger partial charge < -0.3 is 9.73 Å². The summed E-state index contributed by atoms with van der Waals surface area (Å²) in [7, 11) is 0. The summed E-state index contributed by atoms with van der Waals surface area (Å²) >= 11 is 0. The van der Waals surface area contributed by atoms with Crippen molar-refractivity contribution >= 4 is 22.7 Å². The van der Waals surface area contributed by atoms with Crippen LogP contribution in [-0.2, 0) is 11.3 Å². The van der Waals surface area contributed by atoms with Crippen LogP contribution in [0.25, 0.3) is 11.1 Å². The topological polar surface area (TPSA) is 58.4 Å². The molecule has 4 rings (SSSR count). The number of carbonyl (C=O) groups excluding carboxylic acids is 1. The number of likely N-dealkylation sites (tertiary alicyclic amines) is 1. The zero-order valence-electron chi connectivity index (χ0n) is 14.9. The van der Waals surface area contributed by atoms with Gasteiger partial charge in [-0.25, -0.2) is 4.98 Å². The number of nitrogens with zero attached hydrogens (tertiary/aromatic N) is 2. The van der Waals surface area contributed by atoms with E-state index in [4.69, 9.17) is 4.42 Å². The van der Waals surface area contributed by atoms with Crippen molar-refractivity contribution in [3.63, 3.8) is 0 Å². The van der Waals surface area contributed by atoms with Gasteiger partial charge in [-0.15, -0.1) is 0 Å². The van der Waals surface area contributed by atoms with E-state index in [1.54, 1.807) is 0 Å². The molecule has 5 nitrogen and oxygen atoms in total. The minimum Gasteiger partial charge on any atom is -0.440 e. The Balaban J connectivity index is 1.42. The van der Waals surface area contributed by atoms with Crippen molar-refractivity contribution in [1.29, 1.82) is 0 Å². The Morgan fingerprint density at radius 2 is 2.04 bits per heavy atom. The number of fused-ring (bicyclic) bond motifs is 1. The molecule has 3 aromatic rings. The van der Waals surface area contributed by atoms with E-state index in [-0.39, 0.29) is 5.91 Å². The van der Waals surface area contributed by atoms with Gasteiger partial charge in [-0.3, -0.25) is 9.69 Å². The monoisotopic (exact) mass is 349 g/mol. The average molecular weight is 349 g/mol. The predicted molar refractivity (Wildman–Crippen MR) is 102 cm³/mol. The molecule has 1 fully saturated rings. The molecule has 2 heterocycles. The van der Waals surface area contributed by atoms with Crippen LogP contribution < -0.4 is 5.32 Å². The Kier molecular flexibility index (Phi) is 4.71. The number of nitrogens with one attached hydrogen (secondary N) is 1. The largest absolute Gasteiger partial charge is 0.440 e. The summed E-state index contributed by atoms with van der Waals surface area (Å²) in [5, 5.41) is 2.80. The van der Waals surface area contributed by atoms with E-state index in [2.05, 4.69) is 27.3 Å². The molecule has 0 radical (unpaired) electrons. The zero-order chi connectivity index (χ0) is 17.9. The maximum absolute atomic E-state index is 11.1. The van der Waals surface area contributed by atoms with Crippen molar-refractivity contribution in [1.82, 2.24) is 9.88 Å². The Bertz CT molecular complexity index is 868. The lowest BCUT2D eigenvalue weighted by molar-refractivity contribution is -0.114. The number of aromatic nitrogens is 1. The molecule has 1 amide bonds. The van der Waals surface area contributed by atoms with Gasteiger partial charge in [0, 0.05) is 31.6 Å². The second kappa shape index (κ2) is 7.30. The highest BCUT2D eigenvalue weighted by atomic mass is 16.3. The molecule has 0 aliphatic carbocycles. The van der Waals surface area contributed by atoms with Crippen molar-refractivity contribution in [2.75, 3.05) is 18.4 Å². The predicted octanol–water partition coefficient (Wildman–Crippen LogP) is 4.17. The van der Waals surface area contributed by atoms with E-state index in [1.165, 1.54) is 12.5 Å². The number of anilines is 1. The minimum atomic E-state index is -0.0463. The van der Waals surface area contributed by atoms with Gasteiger partial charge in [0.25, 0.3) is 0 Å². The Morgan fingerprint density at radius 1 is 1.23 bits per heavy atom. The number of benzene rings is 2. The SMILES string of the molecule is CC(=O)Nc1ccc(CN2CCCC(c3nc4ccccc4o3)C2)cc1. The van der Waals surface area contributed by atoms with Crippen LogP contribution in [0.1, 0.15) is 37.1 Å². The molecule has 2 aromatic carbocycles. The van der Waals surface area contributed by atoms with E-state index in [9.17, 15) is 4.79 Å². The summed E-state index contributed by atoms with van der Waals surface area (Å²) < 4.78 is 5.98. The molecule has 0 spiro atoms. The number of piperidine rings is 1. The maximum Gasteiger partial charge on any atom is 0.221 e. The third kappa shape index (κ3) is 3.78. The van der Waals surface area contributed by atoms with E-state index >= 15 is 0 Å². The van der Waals surface area contributed by atoms with Crippen molar-refractivity contribution in [2.24, 2.45) is 0 Å². The summed E-state index contributed by atoms with van der Waals surface area (Å²) in [6.07, 6.45) is 2.26. The van der Waals surface area contributed by atoms with E-state index in [0.29, 0.717) is 5.92 Å². The van der Waals surface area contributed by atoms with E-state index in [1.807, 2.05) is 36.4 Å². The number of hydrogen-bond acceptors (Lipinski definition) is 4. The van der Waals surface area contributed by atoms with Crippen LogP contribution in [-0.4, -0.2) is 28.9 Å². The number of hydrogen-bond donors (Lipinski definition) is 1. The first-order chi connectivity index (χ1) is 12.7. The number of carbonyl (C=O) groups is 1. The first-order valence-corrected chi connectivity index (χ1v) is 9.12. The molecule has 1 aliphatic rings.